The van der Waals surface area contributed by atoms with Crippen LogP contribution in [0.15, 0.2) is 235 Å². The van der Waals surface area contributed by atoms with Gasteiger partial charge in [-0.1, -0.05) is 152 Å². The summed E-state index contributed by atoms with van der Waals surface area (Å²) in [6.07, 6.45) is 0. The van der Waals surface area contributed by atoms with Gasteiger partial charge >= 0.3 is 0 Å². The van der Waals surface area contributed by atoms with Gasteiger partial charge in [0.15, 0.2) is 0 Å². The van der Waals surface area contributed by atoms with Crippen molar-refractivity contribution in [3.63, 3.8) is 0 Å². The smallest absolute Gasteiger partial charge is 0.137 e. The van der Waals surface area contributed by atoms with Crippen LogP contribution in [0.25, 0.3) is 93.6 Å². The SMILES string of the molecule is c1cc(-c2ccc(N(c3ccc(-c4ccccc4-n4c5ccccc5c5ccccc54)cc3)c3ccc4c(c3)oc3ccccc34)cc2)cc(-c2ccc3ccccc3c2)c1. The van der Waals surface area contributed by atoms with E-state index in [2.05, 4.69) is 228 Å². The second kappa shape index (κ2) is 14.3. The summed E-state index contributed by atoms with van der Waals surface area (Å²) in [7, 11) is 0. The van der Waals surface area contributed by atoms with Crippen LogP contribution in [0.4, 0.5) is 17.1 Å². The molecule has 2 aromatic heterocycles. The van der Waals surface area contributed by atoms with Crippen LogP contribution in [-0.4, -0.2) is 4.57 Å². The van der Waals surface area contributed by atoms with Crippen molar-refractivity contribution in [1.82, 2.24) is 4.57 Å². The lowest BCUT2D eigenvalue weighted by Gasteiger charge is -2.26. The van der Waals surface area contributed by atoms with Gasteiger partial charge in [0.2, 0.25) is 0 Å². The van der Waals surface area contributed by atoms with Crippen LogP contribution in [-0.2, 0) is 0 Å². The summed E-state index contributed by atoms with van der Waals surface area (Å²) in [4.78, 5) is 2.32. The zero-order valence-electron chi connectivity index (χ0n) is 33.2. The summed E-state index contributed by atoms with van der Waals surface area (Å²) in [5.74, 6) is 0. The highest BCUT2D eigenvalue weighted by molar-refractivity contribution is 6.10. The topological polar surface area (TPSA) is 21.3 Å². The molecule has 0 aliphatic carbocycles. The number of anilines is 3. The average molecular weight is 779 g/mol. The van der Waals surface area contributed by atoms with Crippen molar-refractivity contribution >= 4 is 71.6 Å². The number of benzene rings is 10. The fourth-order valence-corrected chi connectivity index (χ4v) is 9.24. The summed E-state index contributed by atoms with van der Waals surface area (Å²) in [6.45, 7) is 0. The third kappa shape index (κ3) is 5.98. The zero-order valence-corrected chi connectivity index (χ0v) is 33.2. The van der Waals surface area contributed by atoms with E-state index < -0.39 is 0 Å². The van der Waals surface area contributed by atoms with Crippen LogP contribution < -0.4 is 4.90 Å². The van der Waals surface area contributed by atoms with Crippen molar-refractivity contribution in [2.75, 3.05) is 4.90 Å². The van der Waals surface area contributed by atoms with Gasteiger partial charge in [-0.05, 0) is 111 Å². The van der Waals surface area contributed by atoms with Gasteiger partial charge in [0.1, 0.15) is 11.2 Å². The molecule has 12 aromatic rings. The quantitative estimate of drug-likeness (QED) is 0.161. The highest BCUT2D eigenvalue weighted by Crippen LogP contribution is 2.41. The van der Waals surface area contributed by atoms with Gasteiger partial charge in [0.25, 0.3) is 0 Å². The maximum atomic E-state index is 6.42. The number of nitrogens with zero attached hydrogens (tertiary/aromatic N) is 2. The molecule has 0 aliphatic heterocycles. The van der Waals surface area contributed by atoms with Crippen molar-refractivity contribution in [1.29, 1.82) is 0 Å². The lowest BCUT2D eigenvalue weighted by Crippen LogP contribution is -2.09. The van der Waals surface area contributed by atoms with Gasteiger partial charge in [0, 0.05) is 50.2 Å². The highest BCUT2D eigenvalue weighted by atomic mass is 16.3. The maximum absolute atomic E-state index is 6.42. The maximum Gasteiger partial charge on any atom is 0.137 e. The first kappa shape index (κ1) is 34.9. The zero-order chi connectivity index (χ0) is 40.3. The van der Waals surface area contributed by atoms with Crippen LogP contribution >= 0.6 is 0 Å². The van der Waals surface area contributed by atoms with Crippen LogP contribution in [0.2, 0.25) is 0 Å². The molecule has 0 unspecified atom stereocenters. The van der Waals surface area contributed by atoms with E-state index in [1.165, 1.54) is 54.8 Å². The monoisotopic (exact) mass is 778 g/mol. The third-order valence-electron chi connectivity index (χ3n) is 12.2. The minimum absolute atomic E-state index is 0.863. The molecule has 286 valence electrons. The Hall–Kier alpha value is -8.14. The van der Waals surface area contributed by atoms with Crippen molar-refractivity contribution in [2.45, 2.75) is 0 Å². The summed E-state index contributed by atoms with van der Waals surface area (Å²) < 4.78 is 8.83. The minimum atomic E-state index is 0.863. The van der Waals surface area contributed by atoms with Crippen LogP contribution in [0, 0.1) is 0 Å². The molecule has 0 N–H and O–H groups in total. The van der Waals surface area contributed by atoms with E-state index in [1.54, 1.807) is 0 Å². The predicted molar refractivity (Wildman–Crippen MR) is 257 cm³/mol. The molecule has 0 aliphatic rings. The van der Waals surface area contributed by atoms with E-state index in [0.29, 0.717) is 0 Å². The first-order valence-corrected chi connectivity index (χ1v) is 20.8. The van der Waals surface area contributed by atoms with Gasteiger partial charge in [-0.2, -0.15) is 0 Å². The fraction of sp³-hybridized carbons (Fsp3) is 0. The Labute approximate surface area is 353 Å². The minimum Gasteiger partial charge on any atom is -0.456 e. The van der Waals surface area contributed by atoms with E-state index in [4.69, 9.17) is 4.42 Å². The molecule has 0 amide bonds. The molecule has 0 saturated heterocycles. The largest absolute Gasteiger partial charge is 0.456 e. The summed E-state index contributed by atoms with van der Waals surface area (Å²) in [5.41, 5.74) is 15.5. The Morgan fingerprint density at radius 1 is 0.311 bits per heavy atom. The van der Waals surface area contributed by atoms with Gasteiger partial charge in [-0.3, -0.25) is 0 Å². The lowest BCUT2D eigenvalue weighted by atomic mass is 9.97. The Kier molecular flexibility index (Phi) is 8.17. The molecule has 61 heavy (non-hydrogen) atoms. The molecular weight excluding hydrogens is 741 g/mol. The molecule has 0 saturated carbocycles. The fourth-order valence-electron chi connectivity index (χ4n) is 9.24. The molecule has 10 aromatic carbocycles. The molecular formula is C58H38N2O. The number of furan rings is 1. The van der Waals surface area contributed by atoms with E-state index >= 15 is 0 Å². The molecule has 0 spiro atoms. The number of para-hydroxylation sites is 4. The standard InChI is InChI=1S/C58H38N2O/c1-2-13-42-37-45(25-24-39(42)12-1)44-15-11-14-43(36-44)40-26-30-46(31-27-40)59(48-34-35-53-52-19-6-10-23-57(52)61-58(53)38-48)47-32-28-41(29-33-47)49-16-3-7-20-54(49)60-55-21-8-4-17-50(55)51-18-5-9-22-56(51)60/h1-38H. The van der Waals surface area contributed by atoms with E-state index in [1.807, 2.05) is 12.1 Å². The Morgan fingerprint density at radius 3 is 1.61 bits per heavy atom. The highest BCUT2D eigenvalue weighted by Gasteiger charge is 2.18. The molecule has 0 fully saturated rings. The van der Waals surface area contributed by atoms with E-state index in [-0.39, 0.29) is 0 Å². The summed E-state index contributed by atoms with van der Waals surface area (Å²) in [6, 6.07) is 82.9. The molecule has 2 heterocycles. The first-order valence-electron chi connectivity index (χ1n) is 20.8. The average Bonchev–Trinajstić information content (AvgIpc) is 3.87. The normalized spacial score (nSPS) is 11.6. The molecule has 3 nitrogen and oxygen atoms in total. The molecule has 0 radical (unpaired) electrons. The van der Waals surface area contributed by atoms with Gasteiger partial charge < -0.3 is 13.9 Å². The Bertz CT molecular complexity index is 3540. The number of hydrogen-bond acceptors (Lipinski definition) is 2. The van der Waals surface area contributed by atoms with E-state index in [9.17, 15) is 0 Å². The van der Waals surface area contributed by atoms with Gasteiger partial charge in [0.05, 0.1) is 16.7 Å². The van der Waals surface area contributed by atoms with Crippen molar-refractivity contribution in [3.05, 3.63) is 231 Å². The van der Waals surface area contributed by atoms with Crippen molar-refractivity contribution in [3.8, 4) is 39.1 Å². The molecule has 0 atom stereocenters. The number of aromatic nitrogens is 1. The van der Waals surface area contributed by atoms with Crippen LogP contribution in [0.5, 0.6) is 0 Å². The Balaban J connectivity index is 0.943. The second-order valence-corrected chi connectivity index (χ2v) is 15.7. The Morgan fingerprint density at radius 2 is 0.852 bits per heavy atom. The van der Waals surface area contributed by atoms with Gasteiger partial charge in [-0.15, -0.1) is 0 Å². The predicted octanol–water partition coefficient (Wildman–Crippen LogP) is 16.3. The van der Waals surface area contributed by atoms with Gasteiger partial charge in [-0.25, -0.2) is 0 Å². The number of hydrogen-bond donors (Lipinski definition) is 0. The van der Waals surface area contributed by atoms with Crippen molar-refractivity contribution < 1.29 is 4.42 Å². The van der Waals surface area contributed by atoms with Crippen molar-refractivity contribution in [2.24, 2.45) is 0 Å². The lowest BCUT2D eigenvalue weighted by molar-refractivity contribution is 0.669. The summed E-state index contributed by atoms with van der Waals surface area (Å²) in [5, 5.41) is 7.24. The summed E-state index contributed by atoms with van der Waals surface area (Å²) >= 11 is 0. The van der Waals surface area contributed by atoms with Crippen LogP contribution in [0.1, 0.15) is 0 Å². The third-order valence-corrected chi connectivity index (χ3v) is 12.2. The second-order valence-electron chi connectivity index (χ2n) is 15.7. The number of fused-ring (bicyclic) bond motifs is 7. The molecule has 0 bridgehead atoms. The molecule has 3 heteroatoms. The number of rotatable bonds is 7. The first-order chi connectivity index (χ1) is 30.2. The van der Waals surface area contributed by atoms with Crippen LogP contribution in [0.3, 0.4) is 0 Å². The van der Waals surface area contributed by atoms with E-state index in [0.717, 1.165) is 55.8 Å². The molecule has 12 rings (SSSR count).